The number of carbonyl (C=O) groups excluding carboxylic acids is 1. The monoisotopic (exact) mass is 255 g/mol. The zero-order valence-electron chi connectivity index (χ0n) is 10.2. The fourth-order valence-electron chi connectivity index (χ4n) is 1.46. The average Bonchev–Trinajstić information content (AvgIpc) is 2.77. The van der Waals surface area contributed by atoms with Gasteiger partial charge in [-0.1, -0.05) is 19.1 Å². The summed E-state index contributed by atoms with van der Waals surface area (Å²) in [6.45, 7) is 5.17. The van der Waals surface area contributed by atoms with Crippen molar-refractivity contribution in [2.24, 2.45) is 0 Å². The van der Waals surface area contributed by atoms with Crippen LogP contribution in [0.3, 0.4) is 0 Å². The summed E-state index contributed by atoms with van der Waals surface area (Å²) in [6, 6.07) is 1.84. The van der Waals surface area contributed by atoms with Gasteiger partial charge in [-0.25, -0.2) is 0 Å². The molecule has 0 aliphatic heterocycles. The van der Waals surface area contributed by atoms with E-state index in [2.05, 4.69) is 10.4 Å². The van der Waals surface area contributed by atoms with Crippen molar-refractivity contribution >= 4 is 17.5 Å². The molecule has 1 amide bonds. The third-order valence-corrected chi connectivity index (χ3v) is 2.54. The number of allylic oxidation sites excluding steroid dienone is 1. The first-order valence-electron chi connectivity index (χ1n) is 5.78. The highest BCUT2D eigenvalue weighted by molar-refractivity contribution is 6.18. The summed E-state index contributed by atoms with van der Waals surface area (Å²) in [5.41, 5.74) is 1.55. The topological polar surface area (TPSA) is 46.9 Å². The normalized spacial score (nSPS) is 11.0. The highest BCUT2D eigenvalue weighted by Crippen LogP contribution is 2.05. The van der Waals surface area contributed by atoms with E-state index in [-0.39, 0.29) is 5.91 Å². The molecule has 0 bridgehead atoms. The van der Waals surface area contributed by atoms with Gasteiger partial charge in [0.25, 0.3) is 5.91 Å². The van der Waals surface area contributed by atoms with Crippen LogP contribution in [0.15, 0.2) is 18.2 Å². The lowest BCUT2D eigenvalue weighted by Gasteiger charge is -2.04. The molecular weight excluding hydrogens is 238 g/mol. The number of amides is 1. The highest BCUT2D eigenvalue weighted by atomic mass is 35.5. The van der Waals surface area contributed by atoms with Crippen LogP contribution in [0.2, 0.25) is 0 Å². The standard InChI is InChI=1S/C12H18ClN3O/c1-3-10-9-11(16(4-2)15-10)12(17)14-8-6-5-7-13/h5-6,9H,3-4,7-8H2,1-2H3,(H,14,17)/b6-5+. The number of nitrogens with one attached hydrogen (secondary N) is 1. The SMILES string of the molecule is CCc1cc(C(=O)NC/C=C/CCl)n(CC)n1. The van der Waals surface area contributed by atoms with Crippen molar-refractivity contribution in [3.05, 3.63) is 29.6 Å². The fourth-order valence-corrected chi connectivity index (χ4v) is 1.58. The zero-order chi connectivity index (χ0) is 12.7. The summed E-state index contributed by atoms with van der Waals surface area (Å²) in [7, 11) is 0. The van der Waals surface area contributed by atoms with Crippen molar-refractivity contribution in [3.8, 4) is 0 Å². The van der Waals surface area contributed by atoms with E-state index >= 15 is 0 Å². The molecule has 0 aliphatic rings. The van der Waals surface area contributed by atoms with Gasteiger partial charge < -0.3 is 5.32 Å². The first-order chi connectivity index (χ1) is 8.22. The maximum Gasteiger partial charge on any atom is 0.269 e. The molecule has 0 atom stereocenters. The summed E-state index contributed by atoms with van der Waals surface area (Å²) in [5, 5.41) is 7.13. The van der Waals surface area contributed by atoms with Crippen LogP contribution in [0.1, 0.15) is 30.0 Å². The number of hydrogen-bond acceptors (Lipinski definition) is 2. The van der Waals surface area contributed by atoms with Crippen LogP contribution in [0.4, 0.5) is 0 Å². The third-order valence-electron chi connectivity index (χ3n) is 2.36. The molecule has 17 heavy (non-hydrogen) atoms. The Hall–Kier alpha value is -1.29. The second kappa shape index (κ2) is 7.12. The van der Waals surface area contributed by atoms with Crippen molar-refractivity contribution < 1.29 is 4.79 Å². The Bertz CT molecular complexity index is 398. The van der Waals surface area contributed by atoms with Crippen molar-refractivity contribution in [3.63, 3.8) is 0 Å². The number of carbonyl (C=O) groups is 1. The van der Waals surface area contributed by atoms with Crippen molar-refractivity contribution in [2.75, 3.05) is 12.4 Å². The number of halogens is 1. The Morgan fingerprint density at radius 2 is 2.29 bits per heavy atom. The molecule has 5 heteroatoms. The average molecular weight is 256 g/mol. The summed E-state index contributed by atoms with van der Waals surface area (Å²) >= 11 is 5.49. The molecule has 1 rings (SSSR count). The molecule has 0 aliphatic carbocycles. The number of nitrogens with zero attached hydrogens (tertiary/aromatic N) is 2. The molecule has 0 spiro atoms. The fraction of sp³-hybridized carbons (Fsp3) is 0.500. The molecule has 1 aromatic rings. The smallest absolute Gasteiger partial charge is 0.269 e. The van der Waals surface area contributed by atoms with Gasteiger partial charge in [0.05, 0.1) is 5.69 Å². The Kier molecular flexibility index (Phi) is 5.77. The van der Waals surface area contributed by atoms with Crippen LogP contribution in [0.25, 0.3) is 0 Å². The Balaban J connectivity index is 2.67. The number of alkyl halides is 1. The summed E-state index contributed by atoms with van der Waals surface area (Å²) in [4.78, 5) is 11.9. The number of hydrogen-bond donors (Lipinski definition) is 1. The van der Waals surface area contributed by atoms with Gasteiger partial charge in [-0.15, -0.1) is 11.6 Å². The minimum atomic E-state index is -0.0988. The second-order valence-electron chi connectivity index (χ2n) is 3.53. The quantitative estimate of drug-likeness (QED) is 0.624. The zero-order valence-corrected chi connectivity index (χ0v) is 11.0. The Labute approximate surface area is 107 Å². The molecule has 1 heterocycles. The Morgan fingerprint density at radius 1 is 1.53 bits per heavy atom. The van der Waals surface area contributed by atoms with Gasteiger partial charge in [0.15, 0.2) is 0 Å². The molecule has 0 aromatic carbocycles. The van der Waals surface area contributed by atoms with E-state index in [1.165, 1.54) is 0 Å². The predicted molar refractivity (Wildman–Crippen MR) is 69.5 cm³/mol. The van der Waals surface area contributed by atoms with Crippen molar-refractivity contribution in [1.82, 2.24) is 15.1 Å². The summed E-state index contributed by atoms with van der Waals surface area (Å²) in [5.74, 6) is 0.362. The van der Waals surface area contributed by atoms with E-state index in [0.717, 1.165) is 12.1 Å². The second-order valence-corrected chi connectivity index (χ2v) is 3.83. The number of aryl methyl sites for hydroxylation is 2. The molecule has 0 saturated heterocycles. The van der Waals surface area contributed by atoms with Gasteiger partial charge in [0, 0.05) is 19.0 Å². The van der Waals surface area contributed by atoms with Gasteiger partial charge in [-0.05, 0) is 19.4 Å². The largest absolute Gasteiger partial charge is 0.347 e. The van der Waals surface area contributed by atoms with Gasteiger partial charge in [0.1, 0.15) is 5.69 Å². The van der Waals surface area contributed by atoms with Crippen LogP contribution in [0.5, 0.6) is 0 Å². The molecule has 0 fully saturated rings. The van der Waals surface area contributed by atoms with E-state index in [1.807, 2.05) is 26.0 Å². The minimum absolute atomic E-state index is 0.0988. The van der Waals surface area contributed by atoms with Crippen LogP contribution >= 0.6 is 11.6 Å². The summed E-state index contributed by atoms with van der Waals surface area (Å²) < 4.78 is 1.72. The first kappa shape index (κ1) is 13.8. The molecule has 4 nitrogen and oxygen atoms in total. The predicted octanol–water partition coefficient (Wildman–Crippen LogP) is 1.99. The van der Waals surface area contributed by atoms with E-state index in [9.17, 15) is 4.79 Å². The number of aromatic nitrogens is 2. The molecule has 1 N–H and O–H groups in total. The first-order valence-corrected chi connectivity index (χ1v) is 6.32. The lowest BCUT2D eigenvalue weighted by Crippen LogP contribution is -2.26. The van der Waals surface area contributed by atoms with Gasteiger partial charge >= 0.3 is 0 Å². The van der Waals surface area contributed by atoms with Gasteiger partial charge in [-0.3, -0.25) is 9.48 Å². The van der Waals surface area contributed by atoms with Crippen LogP contribution in [-0.2, 0) is 13.0 Å². The van der Waals surface area contributed by atoms with Crippen molar-refractivity contribution in [1.29, 1.82) is 0 Å². The lowest BCUT2D eigenvalue weighted by molar-refractivity contribution is 0.0947. The third kappa shape index (κ3) is 3.89. The van der Waals surface area contributed by atoms with E-state index in [0.29, 0.717) is 24.7 Å². The van der Waals surface area contributed by atoms with Crippen LogP contribution < -0.4 is 5.32 Å². The molecule has 1 aromatic heterocycles. The Morgan fingerprint density at radius 3 is 2.88 bits per heavy atom. The molecule has 0 radical (unpaired) electrons. The maximum atomic E-state index is 11.9. The number of rotatable bonds is 6. The highest BCUT2D eigenvalue weighted by Gasteiger charge is 2.12. The molecular formula is C12H18ClN3O. The molecule has 94 valence electrons. The van der Waals surface area contributed by atoms with E-state index in [1.54, 1.807) is 10.8 Å². The van der Waals surface area contributed by atoms with E-state index in [4.69, 9.17) is 11.6 Å². The van der Waals surface area contributed by atoms with Crippen LogP contribution in [0, 0.1) is 0 Å². The lowest BCUT2D eigenvalue weighted by atomic mass is 10.3. The molecule has 0 unspecified atom stereocenters. The molecule has 0 saturated carbocycles. The maximum absolute atomic E-state index is 11.9. The van der Waals surface area contributed by atoms with Crippen molar-refractivity contribution in [2.45, 2.75) is 26.8 Å². The summed E-state index contributed by atoms with van der Waals surface area (Å²) in [6.07, 6.45) is 4.47. The van der Waals surface area contributed by atoms with Gasteiger partial charge in [-0.2, -0.15) is 5.10 Å². The van der Waals surface area contributed by atoms with E-state index < -0.39 is 0 Å². The van der Waals surface area contributed by atoms with Crippen LogP contribution in [-0.4, -0.2) is 28.1 Å². The minimum Gasteiger partial charge on any atom is -0.347 e. The van der Waals surface area contributed by atoms with Gasteiger partial charge in [0.2, 0.25) is 0 Å².